The Hall–Kier alpha value is -2.22. The first-order valence-corrected chi connectivity index (χ1v) is 14.2. The number of benzene rings is 1. The molecule has 1 saturated carbocycles. The highest BCUT2D eigenvalue weighted by atomic mass is 32.2. The van der Waals surface area contributed by atoms with Crippen molar-refractivity contribution in [2.45, 2.75) is 102 Å². The molecule has 0 spiro atoms. The van der Waals surface area contributed by atoms with Gasteiger partial charge in [-0.25, -0.2) is 9.78 Å². The molecular weight excluding hydrogens is 462 g/mol. The molecule has 1 atom stereocenters. The van der Waals surface area contributed by atoms with Crippen LogP contribution in [0.3, 0.4) is 0 Å². The van der Waals surface area contributed by atoms with Crippen LogP contribution >= 0.6 is 11.8 Å². The van der Waals surface area contributed by atoms with Gasteiger partial charge in [-0.1, -0.05) is 63.4 Å². The second-order valence-electron chi connectivity index (χ2n) is 9.33. The summed E-state index contributed by atoms with van der Waals surface area (Å²) in [6.45, 7) is 7.32. The van der Waals surface area contributed by atoms with E-state index in [1.165, 1.54) is 19.3 Å². The summed E-state index contributed by atoms with van der Waals surface area (Å²) in [5.74, 6) is 0.553. The number of esters is 1. The van der Waals surface area contributed by atoms with E-state index in [9.17, 15) is 9.59 Å². The second-order valence-corrected chi connectivity index (χ2v) is 10.4. The summed E-state index contributed by atoms with van der Waals surface area (Å²) in [5, 5.41) is 0.807. The van der Waals surface area contributed by atoms with Crippen molar-refractivity contribution in [3.8, 4) is 0 Å². The van der Waals surface area contributed by atoms with Gasteiger partial charge < -0.3 is 18.9 Å². The minimum absolute atomic E-state index is 0.101. The van der Waals surface area contributed by atoms with E-state index in [1.54, 1.807) is 11.8 Å². The van der Waals surface area contributed by atoms with Gasteiger partial charge in [-0.3, -0.25) is 4.79 Å². The van der Waals surface area contributed by atoms with Crippen LogP contribution in [0.5, 0.6) is 0 Å². The number of rotatable bonds is 13. The lowest BCUT2D eigenvalue weighted by molar-refractivity contribution is -0.149. The fraction of sp³-hybridized carbons (Fsp3) is 0.667. The van der Waals surface area contributed by atoms with E-state index in [2.05, 4.69) is 6.92 Å². The number of amides is 1. The molecule has 0 bridgehead atoms. The Morgan fingerprint density at radius 1 is 1.17 bits per heavy atom. The molecule has 1 fully saturated rings. The number of aromatic nitrogens is 2. The van der Waals surface area contributed by atoms with Crippen LogP contribution in [0.1, 0.15) is 78.6 Å². The normalized spacial score (nSPS) is 15.2. The van der Waals surface area contributed by atoms with Crippen LogP contribution in [0.4, 0.5) is 4.79 Å². The number of ether oxygens (including phenoxy) is 2. The fourth-order valence-corrected chi connectivity index (χ4v) is 5.33. The van der Waals surface area contributed by atoms with Crippen molar-refractivity contribution in [3.63, 3.8) is 0 Å². The Kier molecular flexibility index (Phi) is 11.2. The third kappa shape index (κ3) is 8.16. The molecule has 0 aliphatic heterocycles. The molecule has 35 heavy (non-hydrogen) atoms. The summed E-state index contributed by atoms with van der Waals surface area (Å²) in [7, 11) is 0. The lowest BCUT2D eigenvalue weighted by Crippen LogP contribution is -2.42. The van der Waals surface area contributed by atoms with Gasteiger partial charge in [-0.2, -0.15) is 0 Å². The zero-order chi connectivity index (χ0) is 25.0. The SMILES string of the molecule is CCCCOC(=O)N(CCCSc1nc2ccccc2n1CC(=O)OC(C)CC)C1CCCCC1. The Morgan fingerprint density at radius 2 is 1.94 bits per heavy atom. The molecule has 0 saturated heterocycles. The fourth-order valence-electron chi connectivity index (χ4n) is 4.39. The van der Waals surface area contributed by atoms with Gasteiger partial charge in [0.15, 0.2) is 5.16 Å². The van der Waals surface area contributed by atoms with Gasteiger partial charge in [0.05, 0.1) is 23.7 Å². The summed E-state index contributed by atoms with van der Waals surface area (Å²) in [5.41, 5.74) is 1.80. The number of para-hydroxylation sites is 2. The number of carbonyl (C=O) groups excluding carboxylic acids is 2. The molecule has 194 valence electrons. The molecule has 8 heteroatoms. The van der Waals surface area contributed by atoms with Crippen molar-refractivity contribution in [1.82, 2.24) is 14.5 Å². The lowest BCUT2D eigenvalue weighted by atomic mass is 9.94. The van der Waals surface area contributed by atoms with Crippen molar-refractivity contribution >= 4 is 34.9 Å². The highest BCUT2D eigenvalue weighted by Gasteiger charge is 2.26. The Balaban J connectivity index is 1.62. The zero-order valence-corrected chi connectivity index (χ0v) is 22.4. The van der Waals surface area contributed by atoms with Crippen LogP contribution in [0.15, 0.2) is 29.4 Å². The summed E-state index contributed by atoms with van der Waals surface area (Å²) in [6.07, 6.45) is 8.99. The van der Waals surface area contributed by atoms with Gasteiger partial charge in [0.1, 0.15) is 6.54 Å². The van der Waals surface area contributed by atoms with E-state index < -0.39 is 0 Å². The maximum Gasteiger partial charge on any atom is 0.410 e. The molecule has 1 aromatic heterocycles. The van der Waals surface area contributed by atoms with Crippen molar-refractivity contribution in [3.05, 3.63) is 24.3 Å². The molecular formula is C27H41N3O4S. The van der Waals surface area contributed by atoms with Crippen molar-refractivity contribution in [2.24, 2.45) is 0 Å². The minimum Gasteiger partial charge on any atom is -0.461 e. The summed E-state index contributed by atoms with van der Waals surface area (Å²) >= 11 is 1.63. The average Bonchev–Trinajstić information content (AvgIpc) is 3.21. The van der Waals surface area contributed by atoms with E-state index in [1.807, 2.05) is 47.6 Å². The molecule has 0 radical (unpaired) electrons. The third-order valence-corrected chi connectivity index (χ3v) is 7.62. The van der Waals surface area contributed by atoms with E-state index >= 15 is 0 Å². The number of thioether (sulfide) groups is 1. The number of hydrogen-bond donors (Lipinski definition) is 0. The quantitative estimate of drug-likeness (QED) is 0.178. The molecule has 1 unspecified atom stereocenters. The Bertz CT molecular complexity index is 942. The van der Waals surface area contributed by atoms with Crippen LogP contribution in [0.2, 0.25) is 0 Å². The van der Waals surface area contributed by atoms with Crippen molar-refractivity contribution < 1.29 is 19.1 Å². The minimum atomic E-state index is -0.248. The molecule has 1 amide bonds. The molecule has 1 aliphatic rings. The second kappa shape index (κ2) is 14.4. The highest BCUT2D eigenvalue weighted by Crippen LogP contribution is 2.27. The number of unbranched alkanes of at least 4 members (excludes halogenated alkanes) is 1. The topological polar surface area (TPSA) is 73.7 Å². The Labute approximate surface area is 213 Å². The van der Waals surface area contributed by atoms with Crippen molar-refractivity contribution in [1.29, 1.82) is 0 Å². The smallest absolute Gasteiger partial charge is 0.410 e. The number of carbonyl (C=O) groups is 2. The van der Waals surface area contributed by atoms with Crippen LogP contribution in [0, 0.1) is 0 Å². The standard InChI is InChI=1S/C27H41N3O4S/c1-4-6-18-33-27(32)29(22-13-8-7-9-14-22)17-12-19-35-26-28-23-15-10-11-16-24(23)30(26)20-25(31)34-21(3)5-2/h10-11,15-16,21-22H,4-9,12-14,17-20H2,1-3H3. The maximum absolute atomic E-state index is 12.8. The van der Waals surface area contributed by atoms with Crippen LogP contribution in [-0.2, 0) is 20.8 Å². The first kappa shape index (κ1) is 27.4. The first-order chi connectivity index (χ1) is 17.0. The maximum atomic E-state index is 12.8. The molecule has 1 aromatic carbocycles. The highest BCUT2D eigenvalue weighted by molar-refractivity contribution is 7.99. The van der Waals surface area contributed by atoms with E-state index in [0.29, 0.717) is 13.2 Å². The molecule has 7 nitrogen and oxygen atoms in total. The number of fused-ring (bicyclic) bond motifs is 1. The monoisotopic (exact) mass is 503 g/mol. The number of imidazole rings is 1. The van der Waals surface area contributed by atoms with Crippen molar-refractivity contribution in [2.75, 3.05) is 18.9 Å². The molecule has 2 aromatic rings. The average molecular weight is 504 g/mol. The van der Waals surface area contributed by atoms with Gasteiger partial charge in [-0.15, -0.1) is 0 Å². The lowest BCUT2D eigenvalue weighted by Gasteiger charge is -2.33. The number of nitrogens with zero attached hydrogens (tertiary/aromatic N) is 3. The molecule has 1 aliphatic carbocycles. The molecule has 1 heterocycles. The summed E-state index contributed by atoms with van der Waals surface area (Å²) in [6, 6.07) is 8.15. The van der Waals surface area contributed by atoms with Gasteiger partial charge in [0, 0.05) is 18.3 Å². The predicted octanol–water partition coefficient (Wildman–Crippen LogP) is 6.43. The van der Waals surface area contributed by atoms with E-state index in [4.69, 9.17) is 14.5 Å². The predicted molar refractivity (Wildman–Crippen MR) is 141 cm³/mol. The van der Waals surface area contributed by atoms with Gasteiger partial charge in [-0.05, 0) is 51.2 Å². The first-order valence-electron chi connectivity index (χ1n) is 13.2. The summed E-state index contributed by atoms with van der Waals surface area (Å²) < 4.78 is 13.0. The van der Waals surface area contributed by atoms with Gasteiger partial charge in [0.25, 0.3) is 0 Å². The van der Waals surface area contributed by atoms with E-state index in [0.717, 1.165) is 60.5 Å². The molecule has 3 rings (SSSR count). The largest absolute Gasteiger partial charge is 0.461 e. The molecule has 0 N–H and O–H groups in total. The van der Waals surface area contributed by atoms with Crippen LogP contribution < -0.4 is 0 Å². The van der Waals surface area contributed by atoms with Crippen LogP contribution in [-0.4, -0.2) is 57.6 Å². The number of hydrogen-bond acceptors (Lipinski definition) is 6. The summed E-state index contributed by atoms with van der Waals surface area (Å²) in [4.78, 5) is 32.1. The van der Waals surface area contributed by atoms with Crippen LogP contribution in [0.25, 0.3) is 11.0 Å². The third-order valence-electron chi connectivity index (χ3n) is 6.56. The van der Waals surface area contributed by atoms with Gasteiger partial charge >= 0.3 is 12.1 Å². The van der Waals surface area contributed by atoms with E-state index in [-0.39, 0.29) is 30.8 Å². The zero-order valence-electron chi connectivity index (χ0n) is 21.5. The Morgan fingerprint density at radius 3 is 2.69 bits per heavy atom. The van der Waals surface area contributed by atoms with Gasteiger partial charge in [0.2, 0.25) is 0 Å².